The van der Waals surface area contributed by atoms with E-state index in [-0.39, 0.29) is 0 Å². The molecular formula is C19H39N5O. The van der Waals surface area contributed by atoms with E-state index in [1.54, 1.807) is 0 Å². The lowest BCUT2D eigenvalue weighted by atomic mass is 9.98. The summed E-state index contributed by atoms with van der Waals surface area (Å²) in [6, 6.07) is 0.545. The Bertz CT molecular complexity index is 395. The van der Waals surface area contributed by atoms with Crippen LogP contribution in [0, 0.1) is 11.8 Å². The third kappa shape index (κ3) is 7.50. The van der Waals surface area contributed by atoms with Crippen molar-refractivity contribution in [1.29, 1.82) is 0 Å². The van der Waals surface area contributed by atoms with Crippen molar-refractivity contribution in [3.05, 3.63) is 0 Å². The van der Waals surface area contributed by atoms with E-state index in [0.29, 0.717) is 12.0 Å². The average molecular weight is 354 g/mol. The second kappa shape index (κ2) is 11.0. The standard InChI is InChI=1S/C19H39N5O/c1-16(2)12-18(24-8-10-25-11-9-24)14-22-19(20-3)21-13-17-6-5-7-23(4)15-17/h16-18H,5-15H2,1-4H3,(H2,20,21,22). The van der Waals surface area contributed by atoms with Gasteiger partial charge in [0.15, 0.2) is 5.96 Å². The minimum Gasteiger partial charge on any atom is -0.379 e. The van der Waals surface area contributed by atoms with Gasteiger partial charge in [-0.25, -0.2) is 0 Å². The topological polar surface area (TPSA) is 52.1 Å². The number of likely N-dealkylation sites (tertiary alicyclic amines) is 1. The van der Waals surface area contributed by atoms with Crippen molar-refractivity contribution in [2.45, 2.75) is 39.2 Å². The summed E-state index contributed by atoms with van der Waals surface area (Å²) in [6.07, 6.45) is 3.83. The van der Waals surface area contributed by atoms with Gasteiger partial charge in [0.25, 0.3) is 0 Å². The Labute approximate surface area is 154 Å². The molecule has 0 amide bonds. The first-order chi connectivity index (χ1) is 12.1. The minimum atomic E-state index is 0.545. The lowest BCUT2D eigenvalue weighted by Gasteiger charge is -2.36. The van der Waals surface area contributed by atoms with Gasteiger partial charge in [-0.3, -0.25) is 9.89 Å². The molecule has 2 unspecified atom stereocenters. The van der Waals surface area contributed by atoms with Crippen LogP contribution >= 0.6 is 0 Å². The molecule has 0 spiro atoms. The molecule has 0 saturated carbocycles. The van der Waals surface area contributed by atoms with Gasteiger partial charge in [-0.05, 0) is 44.7 Å². The maximum absolute atomic E-state index is 5.51. The summed E-state index contributed by atoms with van der Waals surface area (Å²) in [5.74, 6) is 2.36. The lowest BCUT2D eigenvalue weighted by molar-refractivity contribution is 0.0132. The predicted molar refractivity (Wildman–Crippen MR) is 105 cm³/mol. The molecule has 0 aromatic rings. The summed E-state index contributed by atoms with van der Waals surface area (Å²) in [7, 11) is 4.09. The van der Waals surface area contributed by atoms with Crippen LogP contribution in [0.25, 0.3) is 0 Å². The van der Waals surface area contributed by atoms with E-state index >= 15 is 0 Å². The Morgan fingerprint density at radius 3 is 2.60 bits per heavy atom. The van der Waals surface area contributed by atoms with Gasteiger partial charge in [0.1, 0.15) is 0 Å². The Morgan fingerprint density at radius 2 is 1.96 bits per heavy atom. The van der Waals surface area contributed by atoms with Crippen LogP contribution in [0.4, 0.5) is 0 Å². The number of guanidine groups is 1. The Kier molecular flexibility index (Phi) is 8.99. The van der Waals surface area contributed by atoms with Crippen molar-refractivity contribution in [2.24, 2.45) is 16.8 Å². The minimum absolute atomic E-state index is 0.545. The zero-order chi connectivity index (χ0) is 18.1. The molecule has 0 aromatic heterocycles. The van der Waals surface area contributed by atoms with Gasteiger partial charge in [-0.2, -0.15) is 0 Å². The Morgan fingerprint density at radius 1 is 1.20 bits per heavy atom. The molecule has 6 heteroatoms. The monoisotopic (exact) mass is 353 g/mol. The molecule has 2 rings (SSSR count). The van der Waals surface area contributed by atoms with Crippen molar-refractivity contribution in [3.63, 3.8) is 0 Å². The molecule has 2 heterocycles. The van der Waals surface area contributed by atoms with Gasteiger partial charge in [0.2, 0.25) is 0 Å². The highest BCUT2D eigenvalue weighted by atomic mass is 16.5. The van der Waals surface area contributed by atoms with Crippen molar-refractivity contribution in [2.75, 3.05) is 66.6 Å². The van der Waals surface area contributed by atoms with Gasteiger partial charge >= 0.3 is 0 Å². The lowest BCUT2D eigenvalue weighted by Crippen LogP contribution is -2.51. The molecule has 2 aliphatic rings. The van der Waals surface area contributed by atoms with Crippen LogP contribution in [-0.4, -0.2) is 88.4 Å². The molecule has 2 aliphatic heterocycles. The van der Waals surface area contributed by atoms with Gasteiger partial charge in [0.05, 0.1) is 13.2 Å². The Balaban J connectivity index is 1.77. The quantitative estimate of drug-likeness (QED) is 0.533. The molecule has 0 radical (unpaired) electrons. The SMILES string of the molecule is CN=C(NCC1CCCN(C)C1)NCC(CC(C)C)N1CCOCC1. The summed E-state index contributed by atoms with van der Waals surface area (Å²) < 4.78 is 5.51. The average Bonchev–Trinajstić information content (AvgIpc) is 2.61. The largest absolute Gasteiger partial charge is 0.379 e. The molecule has 2 N–H and O–H groups in total. The third-order valence-electron chi connectivity index (χ3n) is 5.31. The van der Waals surface area contributed by atoms with E-state index in [2.05, 4.69) is 46.3 Å². The number of piperidine rings is 1. The zero-order valence-electron chi connectivity index (χ0n) is 16.8. The molecule has 146 valence electrons. The fourth-order valence-electron chi connectivity index (χ4n) is 3.96. The van der Waals surface area contributed by atoms with E-state index in [4.69, 9.17) is 4.74 Å². The molecule has 0 bridgehead atoms. The second-order valence-electron chi connectivity index (χ2n) is 8.04. The number of ether oxygens (including phenoxy) is 1. The Hall–Kier alpha value is -0.850. The molecule has 0 aromatic carbocycles. The maximum Gasteiger partial charge on any atom is 0.191 e. The molecule has 6 nitrogen and oxygen atoms in total. The number of morpholine rings is 1. The fourth-order valence-corrected chi connectivity index (χ4v) is 3.96. The molecular weight excluding hydrogens is 314 g/mol. The summed E-state index contributed by atoms with van der Waals surface area (Å²) in [5.41, 5.74) is 0. The van der Waals surface area contributed by atoms with Crippen molar-refractivity contribution < 1.29 is 4.74 Å². The van der Waals surface area contributed by atoms with Gasteiger partial charge in [-0.15, -0.1) is 0 Å². The number of nitrogens with one attached hydrogen (secondary N) is 2. The molecule has 2 atom stereocenters. The maximum atomic E-state index is 5.51. The molecule has 0 aliphatic carbocycles. The first-order valence-electron chi connectivity index (χ1n) is 10.0. The van der Waals surface area contributed by atoms with Gasteiger partial charge in [0, 0.05) is 45.8 Å². The summed E-state index contributed by atoms with van der Waals surface area (Å²) in [5, 5.41) is 7.11. The summed E-state index contributed by atoms with van der Waals surface area (Å²) >= 11 is 0. The number of hydrogen-bond acceptors (Lipinski definition) is 4. The van der Waals surface area contributed by atoms with Crippen molar-refractivity contribution >= 4 is 5.96 Å². The van der Waals surface area contributed by atoms with Crippen molar-refractivity contribution in [1.82, 2.24) is 20.4 Å². The van der Waals surface area contributed by atoms with Gasteiger partial charge in [-0.1, -0.05) is 13.8 Å². The summed E-state index contributed by atoms with van der Waals surface area (Å²) in [6.45, 7) is 12.8. The van der Waals surface area contributed by atoms with Crippen LogP contribution in [0.15, 0.2) is 4.99 Å². The number of hydrogen-bond donors (Lipinski definition) is 2. The van der Waals surface area contributed by atoms with Crippen molar-refractivity contribution in [3.8, 4) is 0 Å². The fraction of sp³-hybridized carbons (Fsp3) is 0.947. The first kappa shape index (κ1) is 20.5. The summed E-state index contributed by atoms with van der Waals surface area (Å²) in [4.78, 5) is 9.43. The molecule has 25 heavy (non-hydrogen) atoms. The highest BCUT2D eigenvalue weighted by Gasteiger charge is 2.22. The third-order valence-corrected chi connectivity index (χ3v) is 5.31. The normalized spacial score (nSPS) is 25.2. The highest BCUT2D eigenvalue weighted by Crippen LogP contribution is 2.14. The number of rotatable bonds is 7. The molecule has 2 saturated heterocycles. The molecule has 2 fully saturated rings. The van der Waals surface area contributed by atoms with Gasteiger partial charge < -0.3 is 20.3 Å². The van der Waals surface area contributed by atoms with Crippen LogP contribution in [0.3, 0.4) is 0 Å². The van der Waals surface area contributed by atoms with E-state index in [1.165, 1.54) is 32.4 Å². The van der Waals surface area contributed by atoms with E-state index in [1.807, 2.05) is 7.05 Å². The smallest absolute Gasteiger partial charge is 0.191 e. The van der Waals surface area contributed by atoms with Crippen LogP contribution in [0.2, 0.25) is 0 Å². The second-order valence-corrected chi connectivity index (χ2v) is 8.04. The number of nitrogens with zero attached hydrogens (tertiary/aromatic N) is 3. The highest BCUT2D eigenvalue weighted by molar-refractivity contribution is 5.79. The van der Waals surface area contributed by atoms with E-state index < -0.39 is 0 Å². The predicted octanol–water partition coefficient (Wildman–Crippen LogP) is 1.24. The van der Waals surface area contributed by atoms with Crippen LogP contribution in [0.5, 0.6) is 0 Å². The zero-order valence-corrected chi connectivity index (χ0v) is 16.8. The van der Waals surface area contributed by atoms with Crippen LogP contribution in [-0.2, 0) is 4.74 Å². The van der Waals surface area contributed by atoms with Crippen LogP contribution < -0.4 is 10.6 Å². The number of aliphatic imine (C=N–C) groups is 1. The van der Waals surface area contributed by atoms with E-state index in [0.717, 1.165) is 51.3 Å². The van der Waals surface area contributed by atoms with Crippen LogP contribution in [0.1, 0.15) is 33.1 Å². The van der Waals surface area contributed by atoms with E-state index in [9.17, 15) is 0 Å². The first-order valence-corrected chi connectivity index (χ1v) is 10.0.